The molecule has 0 radical (unpaired) electrons. The fourth-order valence-electron chi connectivity index (χ4n) is 1.72. The van der Waals surface area contributed by atoms with Gasteiger partial charge in [-0.05, 0) is 18.6 Å². The monoisotopic (exact) mass is 204 g/mol. The lowest BCUT2D eigenvalue weighted by atomic mass is 10.0. The zero-order valence-corrected chi connectivity index (χ0v) is 8.74. The molecule has 0 atom stereocenters. The second kappa shape index (κ2) is 3.87. The normalized spacial score (nSPS) is 17.3. The van der Waals surface area contributed by atoms with Crippen molar-refractivity contribution in [1.82, 2.24) is 0 Å². The van der Waals surface area contributed by atoms with Crippen LogP contribution in [0, 0.1) is 0 Å². The minimum absolute atomic E-state index is 0.286. The smallest absolute Gasteiger partial charge is 0.344 e. The molecule has 1 aromatic rings. The summed E-state index contributed by atoms with van der Waals surface area (Å²) < 4.78 is 10.1. The van der Waals surface area contributed by atoms with E-state index in [1.165, 1.54) is 0 Å². The van der Waals surface area contributed by atoms with Gasteiger partial charge in [0.15, 0.2) is 0 Å². The maximum atomic E-state index is 11.6. The number of esters is 1. The van der Waals surface area contributed by atoms with Gasteiger partial charge in [-0.2, -0.15) is 0 Å². The summed E-state index contributed by atoms with van der Waals surface area (Å²) in [6, 6.07) is 7.41. The van der Waals surface area contributed by atoms with Crippen molar-refractivity contribution in [3.8, 4) is 5.75 Å². The fraction of sp³-hybridized carbons (Fsp3) is 0.250. The van der Waals surface area contributed by atoms with Crippen LogP contribution in [-0.2, 0) is 9.53 Å². The third kappa shape index (κ3) is 1.66. The highest BCUT2D eigenvalue weighted by Crippen LogP contribution is 2.35. The van der Waals surface area contributed by atoms with Gasteiger partial charge in [0.05, 0.1) is 12.2 Å². The molecule has 2 rings (SSSR count). The van der Waals surface area contributed by atoms with E-state index < -0.39 is 0 Å². The predicted molar refractivity (Wildman–Crippen MR) is 56.5 cm³/mol. The Labute approximate surface area is 88.3 Å². The molecule has 78 valence electrons. The van der Waals surface area contributed by atoms with E-state index in [2.05, 4.69) is 0 Å². The lowest BCUT2D eigenvalue weighted by Crippen LogP contribution is -2.05. The molecule has 3 nitrogen and oxygen atoms in total. The molecule has 0 amide bonds. The Balaban J connectivity index is 2.50. The van der Waals surface area contributed by atoms with E-state index in [0.717, 1.165) is 11.1 Å². The van der Waals surface area contributed by atoms with Gasteiger partial charge in [0.1, 0.15) is 5.75 Å². The van der Waals surface area contributed by atoms with Crippen LogP contribution >= 0.6 is 0 Å². The van der Waals surface area contributed by atoms with Crippen LogP contribution in [0.25, 0.3) is 5.57 Å². The molecular weight excluding hydrogens is 192 g/mol. The van der Waals surface area contributed by atoms with Gasteiger partial charge in [0.2, 0.25) is 0 Å². The van der Waals surface area contributed by atoms with Crippen LogP contribution < -0.4 is 4.74 Å². The molecule has 0 saturated carbocycles. The molecule has 0 spiro atoms. The van der Waals surface area contributed by atoms with E-state index in [0.29, 0.717) is 17.9 Å². The Kier molecular flexibility index (Phi) is 2.56. The summed E-state index contributed by atoms with van der Waals surface area (Å²) >= 11 is 0. The molecule has 15 heavy (non-hydrogen) atoms. The lowest BCUT2D eigenvalue weighted by Gasteiger charge is -2.02. The first-order valence-electron chi connectivity index (χ1n) is 4.74. The van der Waals surface area contributed by atoms with Crippen LogP contribution in [0.15, 0.2) is 29.8 Å². The van der Waals surface area contributed by atoms with Crippen LogP contribution in [0.1, 0.15) is 12.5 Å². The summed E-state index contributed by atoms with van der Waals surface area (Å²) in [4.78, 5) is 11.6. The van der Waals surface area contributed by atoms with Crippen molar-refractivity contribution in [1.29, 1.82) is 0 Å². The van der Waals surface area contributed by atoms with Crippen molar-refractivity contribution in [3.63, 3.8) is 0 Å². The van der Waals surface area contributed by atoms with Crippen molar-refractivity contribution in [3.05, 3.63) is 35.4 Å². The molecule has 1 heterocycles. The van der Waals surface area contributed by atoms with Crippen LogP contribution in [0.5, 0.6) is 5.75 Å². The van der Waals surface area contributed by atoms with Crippen molar-refractivity contribution in [2.24, 2.45) is 0 Å². The van der Waals surface area contributed by atoms with Crippen LogP contribution in [-0.4, -0.2) is 19.7 Å². The van der Waals surface area contributed by atoms with Crippen molar-refractivity contribution in [2.45, 2.75) is 6.92 Å². The largest absolute Gasteiger partial charge is 0.422 e. The predicted octanol–water partition coefficient (Wildman–Crippen LogP) is 2.03. The molecule has 1 aliphatic rings. The summed E-state index contributed by atoms with van der Waals surface area (Å²) in [7, 11) is 1.61. The van der Waals surface area contributed by atoms with Gasteiger partial charge in [-0.15, -0.1) is 0 Å². The minimum atomic E-state index is -0.286. The zero-order valence-electron chi connectivity index (χ0n) is 8.74. The summed E-state index contributed by atoms with van der Waals surface area (Å²) in [5.74, 6) is 0.346. The first kappa shape index (κ1) is 9.93. The van der Waals surface area contributed by atoms with Gasteiger partial charge in [-0.25, -0.2) is 4.79 Å². The Morgan fingerprint density at radius 3 is 2.87 bits per heavy atom. The standard InChI is InChI=1S/C12H12O3/c1-8(7-14-2)11-9-5-3-4-6-10(9)15-12(11)13/h3-6H,7H2,1-2H3/b11-8+. The molecule has 3 heteroatoms. The van der Waals surface area contributed by atoms with Crippen LogP contribution in [0.3, 0.4) is 0 Å². The van der Waals surface area contributed by atoms with Crippen molar-refractivity contribution < 1.29 is 14.3 Å². The Bertz CT molecular complexity index is 432. The molecule has 0 fully saturated rings. The Morgan fingerprint density at radius 1 is 1.40 bits per heavy atom. The number of carbonyl (C=O) groups excluding carboxylic acids is 1. The van der Waals surface area contributed by atoms with Crippen molar-refractivity contribution >= 4 is 11.5 Å². The number of rotatable bonds is 2. The Hall–Kier alpha value is -1.61. The zero-order chi connectivity index (χ0) is 10.8. The number of para-hydroxylation sites is 1. The quantitative estimate of drug-likeness (QED) is 0.420. The molecule has 0 unspecified atom stereocenters. The van der Waals surface area contributed by atoms with E-state index in [4.69, 9.17) is 9.47 Å². The van der Waals surface area contributed by atoms with Gasteiger partial charge >= 0.3 is 5.97 Å². The Morgan fingerprint density at radius 2 is 2.13 bits per heavy atom. The van der Waals surface area contributed by atoms with E-state index in [1.807, 2.05) is 25.1 Å². The van der Waals surface area contributed by atoms with E-state index in [1.54, 1.807) is 13.2 Å². The van der Waals surface area contributed by atoms with Gasteiger partial charge in [-0.1, -0.05) is 18.2 Å². The molecular formula is C12H12O3. The molecule has 0 bridgehead atoms. The number of hydrogen-bond donors (Lipinski definition) is 0. The third-order valence-corrected chi connectivity index (χ3v) is 2.35. The first-order valence-corrected chi connectivity index (χ1v) is 4.74. The second-order valence-electron chi connectivity index (χ2n) is 3.47. The van der Waals surface area contributed by atoms with E-state index in [-0.39, 0.29) is 5.97 Å². The number of carbonyl (C=O) groups is 1. The summed E-state index contributed by atoms with van der Waals surface area (Å²) in [6.45, 7) is 2.32. The van der Waals surface area contributed by atoms with E-state index in [9.17, 15) is 4.79 Å². The van der Waals surface area contributed by atoms with Crippen molar-refractivity contribution in [2.75, 3.05) is 13.7 Å². The van der Waals surface area contributed by atoms with Gasteiger partial charge in [0.25, 0.3) is 0 Å². The van der Waals surface area contributed by atoms with Gasteiger partial charge in [0, 0.05) is 12.7 Å². The average Bonchev–Trinajstić information content (AvgIpc) is 2.54. The summed E-state index contributed by atoms with van der Waals surface area (Å²) in [5, 5.41) is 0. The molecule has 1 aromatic carbocycles. The number of fused-ring (bicyclic) bond motifs is 1. The SMILES string of the molecule is COC/C(C)=C1/C(=O)Oc2ccccc21. The maximum absolute atomic E-state index is 11.6. The molecule has 1 aliphatic heterocycles. The van der Waals surface area contributed by atoms with Gasteiger partial charge in [-0.3, -0.25) is 0 Å². The first-order chi connectivity index (χ1) is 7.24. The maximum Gasteiger partial charge on any atom is 0.344 e. The number of benzene rings is 1. The summed E-state index contributed by atoms with van der Waals surface area (Å²) in [5.41, 5.74) is 2.39. The molecule has 0 N–H and O–H groups in total. The fourth-order valence-corrected chi connectivity index (χ4v) is 1.72. The lowest BCUT2D eigenvalue weighted by molar-refractivity contribution is -0.127. The minimum Gasteiger partial charge on any atom is -0.422 e. The highest BCUT2D eigenvalue weighted by molar-refractivity contribution is 6.22. The second-order valence-corrected chi connectivity index (χ2v) is 3.47. The highest BCUT2D eigenvalue weighted by Gasteiger charge is 2.27. The topological polar surface area (TPSA) is 35.5 Å². The van der Waals surface area contributed by atoms with Crippen LogP contribution in [0.2, 0.25) is 0 Å². The third-order valence-electron chi connectivity index (χ3n) is 2.35. The summed E-state index contributed by atoms with van der Waals surface area (Å²) in [6.07, 6.45) is 0. The van der Waals surface area contributed by atoms with Gasteiger partial charge < -0.3 is 9.47 Å². The average molecular weight is 204 g/mol. The molecule has 0 aliphatic carbocycles. The van der Waals surface area contributed by atoms with Crippen LogP contribution in [0.4, 0.5) is 0 Å². The molecule has 0 saturated heterocycles. The van der Waals surface area contributed by atoms with E-state index >= 15 is 0 Å². The number of methoxy groups -OCH3 is 1. The highest BCUT2D eigenvalue weighted by atomic mass is 16.5. The number of ether oxygens (including phenoxy) is 2. The molecule has 0 aromatic heterocycles. The number of hydrogen-bond acceptors (Lipinski definition) is 3.